The van der Waals surface area contributed by atoms with Crippen LogP contribution in [0, 0.1) is 0 Å². The van der Waals surface area contributed by atoms with Gasteiger partial charge in [-0.2, -0.15) is 0 Å². The van der Waals surface area contributed by atoms with E-state index in [1.54, 1.807) is 0 Å². The number of nitrogens with one attached hydrogen (secondary N) is 2. The molecule has 3 rings (SSSR count). The summed E-state index contributed by atoms with van der Waals surface area (Å²) < 4.78 is 27.0. The Morgan fingerprint density at radius 3 is 2.55 bits per heavy atom. The summed E-state index contributed by atoms with van der Waals surface area (Å²) in [5.41, 5.74) is 0.856. The van der Waals surface area contributed by atoms with Crippen molar-refractivity contribution in [2.45, 2.75) is 23.8 Å². The molecule has 116 valence electrons. The molecule has 1 aliphatic rings. The molecule has 0 bridgehead atoms. The molecule has 1 unspecified atom stereocenters. The van der Waals surface area contributed by atoms with Gasteiger partial charge < -0.3 is 5.32 Å². The quantitative estimate of drug-likeness (QED) is 0.865. The Hall–Kier alpha value is -1.83. The van der Waals surface area contributed by atoms with Crippen LogP contribution in [-0.2, 0) is 10.0 Å². The summed E-state index contributed by atoms with van der Waals surface area (Å²) in [6, 6.07) is 9.66. The van der Waals surface area contributed by atoms with Crippen molar-refractivity contribution in [2.75, 3.05) is 13.1 Å². The maximum absolute atomic E-state index is 12.2. The molecule has 1 saturated heterocycles. The molecule has 2 N–H and O–H groups in total. The molecular weight excluding hydrogens is 300 g/mol. The molecule has 0 aliphatic carbocycles. The largest absolute Gasteiger partial charge is 0.313 e. The van der Waals surface area contributed by atoms with Gasteiger partial charge in [0.2, 0.25) is 10.0 Å². The van der Waals surface area contributed by atoms with E-state index < -0.39 is 10.0 Å². The smallest absolute Gasteiger partial charge is 0.243 e. The molecule has 1 aliphatic heterocycles. The van der Waals surface area contributed by atoms with Crippen molar-refractivity contribution in [3.05, 3.63) is 42.7 Å². The van der Waals surface area contributed by atoms with Crippen LogP contribution in [0.1, 0.15) is 12.8 Å². The minimum Gasteiger partial charge on any atom is -0.313 e. The Balaban J connectivity index is 1.71. The molecule has 0 radical (unpaired) electrons. The van der Waals surface area contributed by atoms with E-state index in [1.165, 1.54) is 12.4 Å². The molecule has 0 spiro atoms. The van der Waals surface area contributed by atoms with Crippen molar-refractivity contribution in [1.29, 1.82) is 0 Å². The predicted octanol–water partition coefficient (Wildman–Crippen LogP) is 1.17. The monoisotopic (exact) mass is 318 g/mol. The minimum absolute atomic E-state index is 0.0881. The van der Waals surface area contributed by atoms with Gasteiger partial charge in [0.25, 0.3) is 0 Å². The van der Waals surface area contributed by atoms with E-state index in [0.717, 1.165) is 24.9 Å². The van der Waals surface area contributed by atoms with Crippen molar-refractivity contribution in [1.82, 2.24) is 20.0 Å². The van der Waals surface area contributed by atoms with Crippen LogP contribution in [0.2, 0.25) is 0 Å². The van der Waals surface area contributed by atoms with Crippen LogP contribution in [-0.4, -0.2) is 37.5 Å². The molecule has 1 atom stereocenters. The van der Waals surface area contributed by atoms with Gasteiger partial charge >= 0.3 is 0 Å². The zero-order valence-electron chi connectivity index (χ0n) is 12.1. The van der Waals surface area contributed by atoms with E-state index in [0.29, 0.717) is 12.4 Å². The van der Waals surface area contributed by atoms with Gasteiger partial charge in [-0.05, 0) is 19.4 Å². The number of nitrogens with zero attached hydrogens (tertiary/aromatic N) is 2. The number of aromatic nitrogens is 2. The summed E-state index contributed by atoms with van der Waals surface area (Å²) >= 11 is 0. The molecule has 1 fully saturated rings. The van der Waals surface area contributed by atoms with Gasteiger partial charge in [0, 0.05) is 18.2 Å². The van der Waals surface area contributed by atoms with Gasteiger partial charge in [0.1, 0.15) is 4.90 Å². The fourth-order valence-electron chi connectivity index (χ4n) is 2.42. The Labute approximate surface area is 130 Å². The van der Waals surface area contributed by atoms with Crippen molar-refractivity contribution in [3.63, 3.8) is 0 Å². The van der Waals surface area contributed by atoms with Gasteiger partial charge in [-0.15, -0.1) is 0 Å². The number of hydrogen-bond donors (Lipinski definition) is 2. The highest BCUT2D eigenvalue weighted by Gasteiger charge is 2.20. The number of rotatable bonds is 5. The van der Waals surface area contributed by atoms with E-state index in [1.807, 2.05) is 30.3 Å². The Bertz CT molecular complexity index is 711. The van der Waals surface area contributed by atoms with Gasteiger partial charge in [0.15, 0.2) is 5.82 Å². The lowest BCUT2D eigenvalue weighted by Crippen LogP contribution is -2.37. The van der Waals surface area contributed by atoms with E-state index in [9.17, 15) is 8.42 Å². The highest BCUT2D eigenvalue weighted by Crippen LogP contribution is 2.15. The van der Waals surface area contributed by atoms with E-state index in [-0.39, 0.29) is 10.9 Å². The van der Waals surface area contributed by atoms with Gasteiger partial charge in [-0.25, -0.2) is 23.1 Å². The van der Waals surface area contributed by atoms with Crippen molar-refractivity contribution >= 4 is 10.0 Å². The minimum atomic E-state index is -3.56. The van der Waals surface area contributed by atoms with Crippen molar-refractivity contribution in [3.8, 4) is 11.4 Å². The third-order valence-corrected chi connectivity index (χ3v) is 5.03. The molecule has 6 nitrogen and oxygen atoms in total. The standard InChI is InChI=1S/C15H18N4O2S/c20-22(21,19-9-13-7-4-8-16-13)14-10-17-15(18-11-14)12-5-2-1-3-6-12/h1-3,5-6,10-11,13,16,19H,4,7-9H2. The van der Waals surface area contributed by atoms with E-state index in [4.69, 9.17) is 0 Å². The molecule has 22 heavy (non-hydrogen) atoms. The summed E-state index contributed by atoms with van der Waals surface area (Å²) in [4.78, 5) is 8.39. The number of sulfonamides is 1. The fourth-order valence-corrected chi connectivity index (χ4v) is 3.39. The van der Waals surface area contributed by atoms with Crippen molar-refractivity contribution in [2.24, 2.45) is 0 Å². The first-order chi connectivity index (χ1) is 10.6. The van der Waals surface area contributed by atoms with Crippen LogP contribution in [0.15, 0.2) is 47.6 Å². The summed E-state index contributed by atoms with van der Waals surface area (Å²) in [6.07, 6.45) is 4.77. The highest BCUT2D eigenvalue weighted by molar-refractivity contribution is 7.89. The van der Waals surface area contributed by atoms with Crippen molar-refractivity contribution < 1.29 is 8.42 Å². The summed E-state index contributed by atoms with van der Waals surface area (Å²) in [6.45, 7) is 1.34. The average molecular weight is 318 g/mol. The van der Waals surface area contributed by atoms with Crippen LogP contribution in [0.25, 0.3) is 11.4 Å². The zero-order valence-corrected chi connectivity index (χ0v) is 12.9. The summed E-state index contributed by atoms with van der Waals surface area (Å²) in [7, 11) is -3.56. The SMILES string of the molecule is O=S(=O)(NCC1CCCN1)c1cnc(-c2ccccc2)nc1. The molecule has 2 heterocycles. The van der Waals surface area contributed by atoms with Crippen LogP contribution < -0.4 is 10.0 Å². The average Bonchev–Trinajstić information content (AvgIpc) is 3.08. The number of benzene rings is 1. The molecular formula is C15H18N4O2S. The highest BCUT2D eigenvalue weighted by atomic mass is 32.2. The first-order valence-corrected chi connectivity index (χ1v) is 8.74. The second-order valence-electron chi connectivity index (χ2n) is 5.25. The molecule has 0 amide bonds. The van der Waals surface area contributed by atoms with Gasteiger partial charge in [0.05, 0.1) is 12.4 Å². The lowest BCUT2D eigenvalue weighted by atomic mass is 10.2. The van der Waals surface area contributed by atoms with Gasteiger partial charge in [-0.1, -0.05) is 30.3 Å². The second-order valence-corrected chi connectivity index (χ2v) is 7.02. The molecule has 1 aromatic carbocycles. The fraction of sp³-hybridized carbons (Fsp3) is 0.333. The summed E-state index contributed by atoms with van der Waals surface area (Å²) in [5.74, 6) is 0.511. The predicted molar refractivity (Wildman–Crippen MR) is 83.7 cm³/mol. The lowest BCUT2D eigenvalue weighted by Gasteiger charge is -2.11. The Morgan fingerprint density at radius 1 is 1.18 bits per heavy atom. The Kier molecular flexibility index (Phi) is 4.47. The number of hydrogen-bond acceptors (Lipinski definition) is 5. The third-order valence-electron chi connectivity index (χ3n) is 3.65. The molecule has 0 saturated carbocycles. The molecule has 7 heteroatoms. The van der Waals surface area contributed by atoms with E-state index in [2.05, 4.69) is 20.0 Å². The van der Waals surface area contributed by atoms with E-state index >= 15 is 0 Å². The van der Waals surface area contributed by atoms with Crippen LogP contribution >= 0.6 is 0 Å². The maximum Gasteiger partial charge on any atom is 0.243 e. The topological polar surface area (TPSA) is 84.0 Å². The molecule has 2 aromatic rings. The first kappa shape index (κ1) is 15.1. The summed E-state index contributed by atoms with van der Waals surface area (Å²) in [5, 5.41) is 3.25. The molecule has 1 aromatic heterocycles. The van der Waals surface area contributed by atoms with Crippen LogP contribution in [0.4, 0.5) is 0 Å². The maximum atomic E-state index is 12.2. The second kappa shape index (κ2) is 6.51. The normalized spacial score (nSPS) is 18.5. The van der Waals surface area contributed by atoms with Crippen LogP contribution in [0.3, 0.4) is 0 Å². The first-order valence-electron chi connectivity index (χ1n) is 7.26. The third kappa shape index (κ3) is 3.49. The Morgan fingerprint density at radius 2 is 1.91 bits per heavy atom. The lowest BCUT2D eigenvalue weighted by molar-refractivity contribution is 0.551. The van der Waals surface area contributed by atoms with Gasteiger partial charge in [-0.3, -0.25) is 0 Å². The zero-order chi connectivity index (χ0) is 15.4. The van der Waals surface area contributed by atoms with Crippen LogP contribution in [0.5, 0.6) is 0 Å².